The van der Waals surface area contributed by atoms with E-state index >= 15 is 0 Å². The van der Waals surface area contributed by atoms with Gasteiger partial charge >= 0.3 is 0 Å². The fraction of sp³-hybridized carbons (Fsp3) is 0.882. The Morgan fingerprint density at radius 1 is 1.24 bits per heavy atom. The van der Waals surface area contributed by atoms with E-state index in [9.17, 15) is 9.59 Å². The minimum absolute atomic E-state index is 0.0289. The summed E-state index contributed by atoms with van der Waals surface area (Å²) in [4.78, 5) is 24.3. The van der Waals surface area contributed by atoms with Crippen molar-refractivity contribution in [3.63, 3.8) is 0 Å². The Morgan fingerprint density at radius 2 is 1.92 bits per heavy atom. The highest BCUT2D eigenvalue weighted by atomic mass is 32.2. The molecule has 0 heterocycles. The van der Waals surface area contributed by atoms with E-state index in [1.807, 2.05) is 6.92 Å². The zero-order chi connectivity index (χ0) is 18.7. The molecule has 0 aromatic heterocycles. The van der Waals surface area contributed by atoms with Crippen molar-refractivity contribution in [2.45, 2.75) is 57.2 Å². The van der Waals surface area contributed by atoms with Crippen LogP contribution in [0.5, 0.6) is 0 Å². The van der Waals surface area contributed by atoms with Gasteiger partial charge in [-0.15, -0.1) is 0 Å². The lowest BCUT2D eigenvalue weighted by molar-refractivity contribution is -0.131. The van der Waals surface area contributed by atoms with Gasteiger partial charge < -0.3 is 14.8 Å². The normalized spacial score (nSPS) is 22.9. The molecular formula is C17H32N2O5S. The third kappa shape index (κ3) is 8.40. The maximum absolute atomic E-state index is 12.6. The van der Waals surface area contributed by atoms with E-state index in [4.69, 9.17) is 14.7 Å². The molecule has 1 saturated carbocycles. The fourth-order valence-electron chi connectivity index (χ4n) is 2.98. The fourth-order valence-corrected chi connectivity index (χ4v) is 3.67. The molecule has 0 aliphatic heterocycles. The van der Waals surface area contributed by atoms with Gasteiger partial charge in [0.25, 0.3) is 5.91 Å². The van der Waals surface area contributed by atoms with Gasteiger partial charge in [0.05, 0.1) is 17.9 Å². The SMILES string of the molecule is CCOCOC[C@H](C[C@H](SC)C(=O)NO)NC(=O)[C@H]1CC[C@H](C)CC1. The lowest BCUT2D eigenvalue weighted by Crippen LogP contribution is -2.45. The van der Waals surface area contributed by atoms with Crippen LogP contribution in [0.3, 0.4) is 0 Å². The Morgan fingerprint density at radius 3 is 2.48 bits per heavy atom. The molecule has 1 aliphatic rings. The lowest BCUT2D eigenvalue weighted by atomic mass is 9.82. The van der Waals surface area contributed by atoms with Gasteiger partial charge in [0.2, 0.25) is 5.91 Å². The summed E-state index contributed by atoms with van der Waals surface area (Å²) in [6.45, 7) is 5.07. The number of rotatable bonds is 11. The van der Waals surface area contributed by atoms with Crippen LogP contribution in [-0.2, 0) is 19.1 Å². The number of thioether (sulfide) groups is 1. The summed E-state index contributed by atoms with van der Waals surface area (Å²) in [5, 5.41) is 11.4. The van der Waals surface area contributed by atoms with Crippen molar-refractivity contribution in [2.75, 3.05) is 26.3 Å². The molecular weight excluding hydrogens is 344 g/mol. The van der Waals surface area contributed by atoms with Crippen LogP contribution in [-0.4, -0.2) is 54.6 Å². The zero-order valence-corrected chi connectivity index (χ0v) is 16.3. The van der Waals surface area contributed by atoms with Gasteiger partial charge in [-0.2, -0.15) is 11.8 Å². The van der Waals surface area contributed by atoms with Gasteiger partial charge in [-0.3, -0.25) is 14.8 Å². The van der Waals surface area contributed by atoms with Crippen LogP contribution in [0.25, 0.3) is 0 Å². The molecule has 0 saturated heterocycles. The average Bonchev–Trinajstić information content (AvgIpc) is 2.62. The van der Waals surface area contributed by atoms with Gasteiger partial charge in [0.1, 0.15) is 6.79 Å². The van der Waals surface area contributed by atoms with Crippen molar-refractivity contribution in [2.24, 2.45) is 11.8 Å². The van der Waals surface area contributed by atoms with Gasteiger partial charge in [-0.25, -0.2) is 5.48 Å². The first-order chi connectivity index (χ1) is 12.0. The number of nitrogens with one attached hydrogen (secondary N) is 2. The van der Waals surface area contributed by atoms with Crippen molar-refractivity contribution >= 4 is 23.6 Å². The molecule has 1 fully saturated rings. The minimum atomic E-state index is -0.469. The molecule has 7 nitrogen and oxygen atoms in total. The highest BCUT2D eigenvalue weighted by Crippen LogP contribution is 2.28. The number of carbonyl (C=O) groups is 2. The Kier molecular flexibility index (Phi) is 11.1. The van der Waals surface area contributed by atoms with Gasteiger partial charge in [0.15, 0.2) is 0 Å². The third-order valence-electron chi connectivity index (χ3n) is 4.61. The summed E-state index contributed by atoms with van der Waals surface area (Å²) in [6, 6.07) is -0.304. The summed E-state index contributed by atoms with van der Waals surface area (Å²) in [5.41, 5.74) is 1.68. The van der Waals surface area contributed by atoms with Crippen molar-refractivity contribution in [3.05, 3.63) is 0 Å². The monoisotopic (exact) mass is 376 g/mol. The van der Waals surface area contributed by atoms with Gasteiger partial charge in [-0.05, 0) is 51.2 Å². The van der Waals surface area contributed by atoms with Crippen molar-refractivity contribution < 1.29 is 24.3 Å². The van der Waals surface area contributed by atoms with Crippen LogP contribution in [0, 0.1) is 11.8 Å². The molecule has 0 unspecified atom stereocenters. The summed E-state index contributed by atoms with van der Waals surface area (Å²) in [6.07, 6.45) is 6.13. The second-order valence-electron chi connectivity index (χ2n) is 6.58. The second kappa shape index (κ2) is 12.5. The molecule has 2 atom stereocenters. The third-order valence-corrected chi connectivity index (χ3v) is 5.58. The molecule has 0 aromatic carbocycles. The summed E-state index contributed by atoms with van der Waals surface area (Å²) >= 11 is 1.33. The molecule has 0 radical (unpaired) electrons. The number of amides is 2. The molecule has 0 aromatic rings. The topological polar surface area (TPSA) is 96.9 Å². The van der Waals surface area contributed by atoms with E-state index in [-0.39, 0.29) is 31.3 Å². The summed E-state index contributed by atoms with van der Waals surface area (Å²) in [7, 11) is 0. The number of hydrogen-bond donors (Lipinski definition) is 3. The van der Waals surface area contributed by atoms with Crippen LogP contribution in [0.15, 0.2) is 0 Å². The molecule has 1 rings (SSSR count). The van der Waals surface area contributed by atoms with Crippen molar-refractivity contribution in [1.29, 1.82) is 0 Å². The first-order valence-electron chi connectivity index (χ1n) is 8.94. The number of carbonyl (C=O) groups excluding carboxylic acids is 2. The van der Waals surface area contributed by atoms with E-state index in [1.165, 1.54) is 11.8 Å². The first kappa shape index (κ1) is 22.2. The summed E-state index contributed by atoms with van der Waals surface area (Å²) < 4.78 is 10.6. The second-order valence-corrected chi connectivity index (χ2v) is 7.62. The Hall–Kier alpha value is -0.830. The van der Waals surface area contributed by atoms with Crippen LogP contribution in [0.2, 0.25) is 0 Å². The summed E-state index contributed by atoms with van der Waals surface area (Å²) in [5.74, 6) is 0.276. The highest BCUT2D eigenvalue weighted by Gasteiger charge is 2.28. The van der Waals surface area contributed by atoms with E-state index in [2.05, 4.69) is 12.2 Å². The van der Waals surface area contributed by atoms with E-state index in [1.54, 1.807) is 11.7 Å². The maximum Gasteiger partial charge on any atom is 0.256 e. The van der Waals surface area contributed by atoms with Gasteiger partial charge in [0, 0.05) is 12.5 Å². The largest absolute Gasteiger partial charge is 0.356 e. The zero-order valence-electron chi connectivity index (χ0n) is 15.5. The van der Waals surface area contributed by atoms with E-state index in [0.717, 1.165) is 25.7 Å². The van der Waals surface area contributed by atoms with E-state index < -0.39 is 11.2 Å². The van der Waals surface area contributed by atoms with Crippen LogP contribution < -0.4 is 10.8 Å². The molecule has 0 spiro atoms. The van der Waals surface area contributed by atoms with Crippen molar-refractivity contribution in [3.8, 4) is 0 Å². The number of hydroxylamine groups is 1. The molecule has 2 amide bonds. The van der Waals surface area contributed by atoms with Crippen molar-refractivity contribution in [1.82, 2.24) is 10.8 Å². The molecule has 3 N–H and O–H groups in total. The number of hydrogen-bond acceptors (Lipinski definition) is 6. The predicted molar refractivity (Wildman–Crippen MR) is 97.3 cm³/mol. The standard InChI is InChI=1S/C17H32N2O5S/c1-4-23-11-24-10-14(9-15(25-3)17(21)19-22)18-16(20)13-7-5-12(2)6-8-13/h12-15,22H,4-11H2,1-3H3,(H,18,20)(H,19,21)/t12-,13-,14-,15-/m0/s1. The quantitative estimate of drug-likeness (QED) is 0.221. The van der Waals surface area contributed by atoms with Crippen LogP contribution in [0.1, 0.15) is 46.0 Å². The predicted octanol–water partition coefficient (Wildman–Crippen LogP) is 1.94. The van der Waals surface area contributed by atoms with Gasteiger partial charge in [-0.1, -0.05) is 6.92 Å². The molecule has 25 heavy (non-hydrogen) atoms. The molecule has 1 aliphatic carbocycles. The van der Waals surface area contributed by atoms with Crippen LogP contribution in [0.4, 0.5) is 0 Å². The molecule has 146 valence electrons. The Labute approximate surface area is 154 Å². The highest BCUT2D eigenvalue weighted by molar-refractivity contribution is 7.99. The average molecular weight is 377 g/mol. The first-order valence-corrected chi connectivity index (χ1v) is 10.2. The van der Waals surface area contributed by atoms with Crippen LogP contribution >= 0.6 is 11.8 Å². The lowest BCUT2D eigenvalue weighted by Gasteiger charge is -2.28. The molecule has 8 heteroatoms. The van der Waals surface area contributed by atoms with E-state index in [0.29, 0.717) is 18.9 Å². The smallest absolute Gasteiger partial charge is 0.256 e. The molecule has 0 bridgehead atoms. The minimum Gasteiger partial charge on any atom is -0.356 e. The maximum atomic E-state index is 12.6. The number of ether oxygens (including phenoxy) is 2. The Balaban J connectivity index is 2.59. The Bertz CT molecular complexity index is 402.